The van der Waals surface area contributed by atoms with E-state index in [-0.39, 0.29) is 0 Å². The van der Waals surface area contributed by atoms with E-state index < -0.39 is 0 Å². The number of hydrogen-bond donors (Lipinski definition) is 3. The van der Waals surface area contributed by atoms with Crippen LogP contribution in [0.5, 0.6) is 0 Å². The average Bonchev–Trinajstić information content (AvgIpc) is 3.06. The van der Waals surface area contributed by atoms with Gasteiger partial charge in [-0.1, -0.05) is 6.92 Å². The Morgan fingerprint density at radius 1 is 1.37 bits per heavy atom. The number of aromatic amines is 1. The normalized spacial score (nSPS) is 10.8. The number of nitrogens with zero attached hydrogens (tertiary/aromatic N) is 3. The molecule has 6 nitrogen and oxygen atoms in total. The molecule has 3 aromatic rings. The largest absolute Gasteiger partial charge is 0.368 e. The van der Waals surface area contributed by atoms with Crippen LogP contribution in [0, 0.1) is 0 Å². The maximum absolute atomic E-state index is 4.49. The van der Waals surface area contributed by atoms with Gasteiger partial charge in [0.2, 0.25) is 5.95 Å². The van der Waals surface area contributed by atoms with E-state index in [0.717, 1.165) is 30.0 Å². The summed E-state index contributed by atoms with van der Waals surface area (Å²) in [7, 11) is 0. The number of aromatic nitrogens is 4. The third-order valence-electron chi connectivity index (χ3n) is 2.61. The first kappa shape index (κ1) is 11.9. The molecule has 3 heterocycles. The molecule has 0 atom stereocenters. The van der Waals surface area contributed by atoms with Crippen molar-refractivity contribution in [2.45, 2.75) is 13.3 Å². The van der Waals surface area contributed by atoms with Gasteiger partial charge in [0.05, 0.1) is 12.0 Å². The number of thiophene rings is 1. The van der Waals surface area contributed by atoms with Gasteiger partial charge >= 0.3 is 0 Å². The minimum absolute atomic E-state index is 0.552. The summed E-state index contributed by atoms with van der Waals surface area (Å²) >= 11 is 1.63. The second kappa shape index (κ2) is 5.23. The van der Waals surface area contributed by atoms with Crippen LogP contribution in [0.2, 0.25) is 0 Å². The molecule has 3 aromatic heterocycles. The van der Waals surface area contributed by atoms with Crippen LogP contribution in [0.1, 0.15) is 13.3 Å². The van der Waals surface area contributed by atoms with Crippen LogP contribution in [0.4, 0.5) is 17.5 Å². The summed E-state index contributed by atoms with van der Waals surface area (Å²) in [4.78, 5) is 16.1. The summed E-state index contributed by atoms with van der Waals surface area (Å²) in [5.74, 6) is 1.33. The lowest BCUT2D eigenvalue weighted by molar-refractivity contribution is 0.969. The first-order valence-electron chi connectivity index (χ1n) is 6.11. The van der Waals surface area contributed by atoms with Crippen molar-refractivity contribution < 1.29 is 0 Å². The van der Waals surface area contributed by atoms with Crippen molar-refractivity contribution in [3.8, 4) is 0 Å². The van der Waals surface area contributed by atoms with E-state index in [1.54, 1.807) is 17.7 Å². The van der Waals surface area contributed by atoms with E-state index in [4.69, 9.17) is 0 Å². The molecule has 98 valence electrons. The molecule has 19 heavy (non-hydrogen) atoms. The third kappa shape index (κ3) is 2.50. The fraction of sp³-hybridized carbons (Fsp3) is 0.250. The van der Waals surface area contributed by atoms with Crippen LogP contribution in [-0.4, -0.2) is 26.5 Å². The number of anilines is 3. The monoisotopic (exact) mass is 274 g/mol. The highest BCUT2D eigenvalue weighted by Gasteiger charge is 2.09. The van der Waals surface area contributed by atoms with Crippen LogP contribution in [0.15, 0.2) is 23.2 Å². The van der Waals surface area contributed by atoms with Crippen LogP contribution < -0.4 is 10.6 Å². The van der Waals surface area contributed by atoms with Crippen molar-refractivity contribution in [1.29, 1.82) is 0 Å². The lowest BCUT2D eigenvalue weighted by atomic mass is 10.4. The molecule has 0 fully saturated rings. The Balaban J connectivity index is 1.95. The molecule has 0 aliphatic rings. The maximum Gasteiger partial charge on any atom is 0.231 e. The molecule has 0 aliphatic heterocycles. The Hall–Kier alpha value is -2.15. The molecule has 0 radical (unpaired) electrons. The number of hydrogen-bond acceptors (Lipinski definition) is 6. The van der Waals surface area contributed by atoms with Gasteiger partial charge in [-0.05, 0) is 17.9 Å². The number of imidazole rings is 1. The molecule has 0 spiro atoms. The fourth-order valence-corrected chi connectivity index (χ4v) is 2.31. The molecule has 0 aromatic carbocycles. The molecule has 0 amide bonds. The van der Waals surface area contributed by atoms with E-state index in [1.807, 2.05) is 16.8 Å². The Morgan fingerprint density at radius 2 is 2.32 bits per heavy atom. The zero-order chi connectivity index (χ0) is 13.1. The van der Waals surface area contributed by atoms with E-state index in [2.05, 4.69) is 37.5 Å². The fourth-order valence-electron chi connectivity index (χ4n) is 1.73. The zero-order valence-electron chi connectivity index (χ0n) is 10.5. The first-order valence-corrected chi connectivity index (χ1v) is 7.05. The number of nitrogens with one attached hydrogen (secondary N) is 3. The summed E-state index contributed by atoms with van der Waals surface area (Å²) in [5, 5.41) is 10.5. The van der Waals surface area contributed by atoms with Crippen molar-refractivity contribution >= 4 is 40.0 Å². The summed E-state index contributed by atoms with van der Waals surface area (Å²) in [6, 6.07) is 1.99. The van der Waals surface area contributed by atoms with Gasteiger partial charge in [0.1, 0.15) is 5.52 Å². The van der Waals surface area contributed by atoms with Gasteiger partial charge in [-0.3, -0.25) is 0 Å². The zero-order valence-corrected chi connectivity index (χ0v) is 11.3. The summed E-state index contributed by atoms with van der Waals surface area (Å²) in [5.41, 5.74) is 2.48. The van der Waals surface area contributed by atoms with Crippen LogP contribution in [-0.2, 0) is 0 Å². The second-order valence-corrected chi connectivity index (χ2v) is 4.84. The highest BCUT2D eigenvalue weighted by atomic mass is 32.1. The SMILES string of the molecule is CCCNc1nc(Nc2ccsc2)nc2nc[nH]c12. The summed E-state index contributed by atoms with van der Waals surface area (Å²) in [6.07, 6.45) is 2.66. The molecule has 0 saturated carbocycles. The Bertz CT molecular complexity index is 660. The lowest BCUT2D eigenvalue weighted by Gasteiger charge is -2.07. The van der Waals surface area contributed by atoms with Crippen LogP contribution >= 0.6 is 11.3 Å². The molecule has 3 rings (SSSR count). The lowest BCUT2D eigenvalue weighted by Crippen LogP contribution is -2.06. The molecule has 0 aliphatic carbocycles. The van der Waals surface area contributed by atoms with Gasteiger partial charge in [0.15, 0.2) is 11.5 Å². The topological polar surface area (TPSA) is 78.5 Å². The number of rotatable bonds is 5. The van der Waals surface area contributed by atoms with Gasteiger partial charge in [-0.25, -0.2) is 4.98 Å². The molecular weight excluding hydrogens is 260 g/mol. The number of fused-ring (bicyclic) bond motifs is 1. The van der Waals surface area contributed by atoms with Crippen LogP contribution in [0.3, 0.4) is 0 Å². The molecule has 0 unspecified atom stereocenters. The maximum atomic E-state index is 4.49. The van der Waals surface area contributed by atoms with Gasteiger partial charge in [-0.15, -0.1) is 0 Å². The Kier molecular flexibility index (Phi) is 3.28. The quantitative estimate of drug-likeness (QED) is 0.666. The highest BCUT2D eigenvalue weighted by Crippen LogP contribution is 2.22. The Morgan fingerprint density at radius 3 is 3.11 bits per heavy atom. The standard InChI is InChI=1S/C12H14N6S/c1-2-4-13-10-9-11(15-7-14-9)18-12(17-10)16-8-3-5-19-6-8/h3,5-7H,2,4H2,1H3,(H3,13,14,15,16,17,18). The van der Waals surface area contributed by atoms with Gasteiger partial charge in [0, 0.05) is 11.9 Å². The van der Waals surface area contributed by atoms with Gasteiger partial charge in [-0.2, -0.15) is 21.3 Å². The van der Waals surface area contributed by atoms with Crippen molar-refractivity contribution in [2.75, 3.05) is 17.2 Å². The second-order valence-electron chi connectivity index (χ2n) is 4.06. The molecular formula is C12H14N6S. The van der Waals surface area contributed by atoms with Gasteiger partial charge < -0.3 is 15.6 Å². The van der Waals surface area contributed by atoms with Crippen molar-refractivity contribution in [3.63, 3.8) is 0 Å². The summed E-state index contributed by atoms with van der Waals surface area (Å²) in [6.45, 7) is 2.98. The van der Waals surface area contributed by atoms with Gasteiger partial charge in [0.25, 0.3) is 0 Å². The molecule has 7 heteroatoms. The highest BCUT2D eigenvalue weighted by molar-refractivity contribution is 7.08. The molecule has 0 bridgehead atoms. The molecule has 0 saturated heterocycles. The summed E-state index contributed by atoms with van der Waals surface area (Å²) < 4.78 is 0. The predicted molar refractivity (Wildman–Crippen MR) is 78.1 cm³/mol. The van der Waals surface area contributed by atoms with Crippen LogP contribution in [0.25, 0.3) is 11.2 Å². The Labute approximate surface area is 114 Å². The number of H-pyrrole nitrogens is 1. The van der Waals surface area contributed by atoms with Crippen molar-refractivity contribution in [3.05, 3.63) is 23.2 Å². The first-order chi connectivity index (χ1) is 9.36. The third-order valence-corrected chi connectivity index (χ3v) is 3.29. The van der Waals surface area contributed by atoms with E-state index in [1.165, 1.54) is 0 Å². The molecule has 3 N–H and O–H groups in total. The van der Waals surface area contributed by atoms with E-state index >= 15 is 0 Å². The minimum atomic E-state index is 0.552. The smallest absolute Gasteiger partial charge is 0.231 e. The van der Waals surface area contributed by atoms with E-state index in [9.17, 15) is 0 Å². The van der Waals surface area contributed by atoms with Crippen molar-refractivity contribution in [1.82, 2.24) is 19.9 Å². The predicted octanol–water partition coefficient (Wildman–Crippen LogP) is 2.98. The van der Waals surface area contributed by atoms with Crippen molar-refractivity contribution in [2.24, 2.45) is 0 Å². The van der Waals surface area contributed by atoms with E-state index in [0.29, 0.717) is 11.6 Å². The minimum Gasteiger partial charge on any atom is -0.368 e. The average molecular weight is 274 g/mol.